The molecule has 0 atom stereocenters. The molecule has 1 heterocycles. The molecule has 5 nitrogen and oxygen atoms in total. The predicted molar refractivity (Wildman–Crippen MR) is 103 cm³/mol. The summed E-state index contributed by atoms with van der Waals surface area (Å²) in [5, 5.41) is 6.90. The number of likely N-dealkylation sites (N-methyl/N-ethyl adjacent to an activating group) is 1. The lowest BCUT2D eigenvalue weighted by molar-refractivity contribution is -0.128. The van der Waals surface area contributed by atoms with Crippen molar-refractivity contribution in [2.24, 2.45) is 0 Å². The van der Waals surface area contributed by atoms with E-state index < -0.39 is 5.54 Å². The standard InChI is InChI=1S/C21H27N3O2/c1-4-22-20(26)21(10-6-5-7-11-21)24-19(25)17-13-16-12-14(2)8-9-18(16)23-15(17)3/h8-9,12-13H,4-7,10-11H2,1-3H3,(H,22,26)(H,24,25). The quantitative estimate of drug-likeness (QED) is 0.885. The van der Waals surface area contributed by atoms with Gasteiger partial charge in [0.2, 0.25) is 5.91 Å². The highest BCUT2D eigenvalue weighted by molar-refractivity contribution is 6.02. The molecule has 26 heavy (non-hydrogen) atoms. The summed E-state index contributed by atoms with van der Waals surface area (Å²) in [4.78, 5) is 30.3. The van der Waals surface area contributed by atoms with Gasteiger partial charge in [-0.2, -0.15) is 0 Å². The number of amides is 2. The van der Waals surface area contributed by atoms with Gasteiger partial charge in [-0.1, -0.05) is 30.9 Å². The van der Waals surface area contributed by atoms with Crippen molar-refractivity contribution in [3.8, 4) is 0 Å². The van der Waals surface area contributed by atoms with Crippen LogP contribution in [0.15, 0.2) is 24.3 Å². The minimum absolute atomic E-state index is 0.0738. The van der Waals surface area contributed by atoms with Gasteiger partial charge in [-0.3, -0.25) is 14.6 Å². The number of nitrogens with zero attached hydrogens (tertiary/aromatic N) is 1. The molecule has 0 aliphatic heterocycles. The summed E-state index contributed by atoms with van der Waals surface area (Å²) >= 11 is 0. The second-order valence-corrected chi connectivity index (χ2v) is 7.27. The third-order valence-corrected chi connectivity index (χ3v) is 5.24. The van der Waals surface area contributed by atoms with Gasteiger partial charge < -0.3 is 10.6 Å². The number of pyridine rings is 1. The van der Waals surface area contributed by atoms with Crippen molar-refractivity contribution < 1.29 is 9.59 Å². The number of rotatable bonds is 4. The van der Waals surface area contributed by atoms with Gasteiger partial charge in [-0.15, -0.1) is 0 Å². The molecule has 5 heteroatoms. The fraction of sp³-hybridized carbons (Fsp3) is 0.476. The van der Waals surface area contributed by atoms with Crippen LogP contribution in [-0.4, -0.2) is 28.9 Å². The molecule has 0 radical (unpaired) electrons. The van der Waals surface area contributed by atoms with E-state index in [0.717, 1.165) is 35.7 Å². The fourth-order valence-corrected chi connectivity index (χ4v) is 3.80. The third-order valence-electron chi connectivity index (χ3n) is 5.24. The molecule has 0 saturated heterocycles. The monoisotopic (exact) mass is 353 g/mol. The maximum Gasteiger partial charge on any atom is 0.254 e. The molecule has 1 aromatic carbocycles. The highest BCUT2D eigenvalue weighted by Crippen LogP contribution is 2.29. The van der Waals surface area contributed by atoms with E-state index in [1.807, 2.05) is 45.0 Å². The van der Waals surface area contributed by atoms with Gasteiger partial charge in [0, 0.05) is 11.9 Å². The molecule has 0 unspecified atom stereocenters. The van der Waals surface area contributed by atoms with E-state index in [2.05, 4.69) is 15.6 Å². The molecule has 138 valence electrons. The Labute approximate surface area is 154 Å². The van der Waals surface area contributed by atoms with Gasteiger partial charge >= 0.3 is 0 Å². The summed E-state index contributed by atoms with van der Waals surface area (Å²) in [7, 11) is 0. The Morgan fingerprint density at radius 1 is 1.12 bits per heavy atom. The number of aromatic nitrogens is 1. The number of fused-ring (bicyclic) bond motifs is 1. The number of aryl methyl sites for hydroxylation is 2. The van der Waals surface area contributed by atoms with Crippen LogP contribution in [-0.2, 0) is 4.79 Å². The molecule has 1 aromatic heterocycles. The summed E-state index contributed by atoms with van der Waals surface area (Å²) in [5.41, 5.74) is 2.42. The second kappa shape index (κ2) is 7.44. The van der Waals surface area contributed by atoms with E-state index in [1.54, 1.807) is 0 Å². The summed E-state index contributed by atoms with van der Waals surface area (Å²) in [6.07, 6.45) is 4.37. The van der Waals surface area contributed by atoms with Crippen LogP contribution in [0.25, 0.3) is 10.9 Å². The first-order chi connectivity index (χ1) is 12.4. The van der Waals surface area contributed by atoms with Crippen molar-refractivity contribution in [2.45, 2.75) is 58.4 Å². The van der Waals surface area contributed by atoms with Crippen LogP contribution in [0.5, 0.6) is 0 Å². The van der Waals surface area contributed by atoms with Crippen LogP contribution in [0.3, 0.4) is 0 Å². The Bertz CT molecular complexity index is 839. The van der Waals surface area contributed by atoms with Gasteiger partial charge in [0.1, 0.15) is 5.54 Å². The maximum atomic E-state index is 13.0. The number of benzene rings is 1. The van der Waals surface area contributed by atoms with E-state index in [4.69, 9.17) is 0 Å². The zero-order valence-electron chi connectivity index (χ0n) is 15.8. The molecule has 2 aromatic rings. The van der Waals surface area contributed by atoms with Crippen LogP contribution in [0.2, 0.25) is 0 Å². The lowest BCUT2D eigenvalue weighted by atomic mass is 9.80. The first-order valence-electron chi connectivity index (χ1n) is 9.44. The Morgan fingerprint density at radius 3 is 2.54 bits per heavy atom. The van der Waals surface area contributed by atoms with Crippen LogP contribution in [0.4, 0.5) is 0 Å². The van der Waals surface area contributed by atoms with Gasteiger partial charge in [0.15, 0.2) is 0 Å². The first kappa shape index (κ1) is 18.4. The van der Waals surface area contributed by atoms with Crippen molar-refractivity contribution in [3.05, 3.63) is 41.1 Å². The van der Waals surface area contributed by atoms with Crippen LogP contribution in [0.1, 0.15) is 60.6 Å². The highest BCUT2D eigenvalue weighted by Gasteiger charge is 2.40. The average molecular weight is 353 g/mol. The normalized spacial score (nSPS) is 16.3. The average Bonchev–Trinajstić information content (AvgIpc) is 2.62. The van der Waals surface area contributed by atoms with E-state index in [9.17, 15) is 9.59 Å². The lowest BCUT2D eigenvalue weighted by Gasteiger charge is -2.36. The van der Waals surface area contributed by atoms with Crippen molar-refractivity contribution in [3.63, 3.8) is 0 Å². The number of nitrogens with one attached hydrogen (secondary N) is 2. The van der Waals surface area contributed by atoms with Gasteiger partial charge in [-0.05, 0) is 51.8 Å². The number of carbonyl (C=O) groups excluding carboxylic acids is 2. The minimum atomic E-state index is -0.806. The van der Waals surface area contributed by atoms with Crippen LogP contribution in [0, 0.1) is 13.8 Å². The van der Waals surface area contributed by atoms with Crippen molar-refractivity contribution in [1.29, 1.82) is 0 Å². The van der Waals surface area contributed by atoms with Gasteiger partial charge in [0.25, 0.3) is 5.91 Å². The molecule has 2 N–H and O–H groups in total. The van der Waals surface area contributed by atoms with E-state index >= 15 is 0 Å². The molecule has 1 saturated carbocycles. The van der Waals surface area contributed by atoms with Crippen molar-refractivity contribution in [2.75, 3.05) is 6.54 Å². The SMILES string of the molecule is CCNC(=O)C1(NC(=O)c2cc3cc(C)ccc3nc2C)CCCCC1. The van der Waals surface area contributed by atoms with E-state index in [-0.39, 0.29) is 11.8 Å². The largest absolute Gasteiger partial charge is 0.354 e. The molecule has 0 spiro atoms. The Hall–Kier alpha value is -2.43. The third kappa shape index (κ3) is 3.57. The summed E-state index contributed by atoms with van der Waals surface area (Å²) in [6.45, 7) is 6.32. The molecule has 1 fully saturated rings. The second-order valence-electron chi connectivity index (χ2n) is 7.27. The highest BCUT2D eigenvalue weighted by atomic mass is 16.2. The molecular weight excluding hydrogens is 326 g/mol. The molecule has 3 rings (SSSR count). The number of hydrogen-bond acceptors (Lipinski definition) is 3. The Kier molecular flexibility index (Phi) is 5.25. The molecule has 0 bridgehead atoms. The maximum absolute atomic E-state index is 13.0. The molecular formula is C21H27N3O2. The van der Waals surface area contributed by atoms with Gasteiger partial charge in [0.05, 0.1) is 16.8 Å². The van der Waals surface area contributed by atoms with Crippen LogP contribution < -0.4 is 10.6 Å². The lowest BCUT2D eigenvalue weighted by Crippen LogP contribution is -2.59. The first-order valence-corrected chi connectivity index (χ1v) is 9.44. The smallest absolute Gasteiger partial charge is 0.254 e. The fourth-order valence-electron chi connectivity index (χ4n) is 3.80. The Balaban J connectivity index is 1.93. The van der Waals surface area contributed by atoms with Crippen molar-refractivity contribution in [1.82, 2.24) is 15.6 Å². The predicted octanol–water partition coefficient (Wildman–Crippen LogP) is 3.42. The Morgan fingerprint density at radius 2 is 1.85 bits per heavy atom. The zero-order chi connectivity index (χ0) is 18.7. The summed E-state index contributed by atoms with van der Waals surface area (Å²) in [6, 6.07) is 7.89. The molecule has 1 aliphatic carbocycles. The van der Waals surface area contributed by atoms with E-state index in [0.29, 0.717) is 30.6 Å². The number of carbonyl (C=O) groups is 2. The van der Waals surface area contributed by atoms with Gasteiger partial charge in [-0.25, -0.2) is 0 Å². The summed E-state index contributed by atoms with van der Waals surface area (Å²) in [5.74, 6) is -0.290. The van der Waals surface area contributed by atoms with Crippen LogP contribution >= 0.6 is 0 Å². The minimum Gasteiger partial charge on any atom is -0.354 e. The number of hydrogen-bond donors (Lipinski definition) is 2. The molecule has 2 amide bonds. The topological polar surface area (TPSA) is 71.1 Å². The molecule has 1 aliphatic rings. The summed E-state index contributed by atoms with van der Waals surface area (Å²) < 4.78 is 0. The van der Waals surface area contributed by atoms with E-state index in [1.165, 1.54) is 0 Å². The zero-order valence-corrected chi connectivity index (χ0v) is 15.8. The van der Waals surface area contributed by atoms with Crippen molar-refractivity contribution >= 4 is 22.7 Å².